The highest BCUT2D eigenvalue weighted by Gasteiger charge is 2.17. The van der Waals surface area contributed by atoms with E-state index in [1.54, 1.807) is 12.1 Å². The number of ether oxygens (including phenoxy) is 1. The van der Waals surface area contributed by atoms with Gasteiger partial charge < -0.3 is 9.84 Å². The Morgan fingerprint density at radius 2 is 2.26 bits per heavy atom. The Hall–Kier alpha value is -0.640. The summed E-state index contributed by atoms with van der Waals surface area (Å²) in [5.41, 5.74) is 0.404. The van der Waals surface area contributed by atoms with Gasteiger partial charge in [-0.2, -0.15) is 0 Å². The highest BCUT2D eigenvalue weighted by molar-refractivity contribution is 6.31. The van der Waals surface area contributed by atoms with Crippen molar-refractivity contribution in [2.45, 2.75) is 50.7 Å². The van der Waals surface area contributed by atoms with Crippen molar-refractivity contribution in [3.63, 3.8) is 0 Å². The van der Waals surface area contributed by atoms with Crippen LogP contribution in [0, 0.1) is 5.82 Å². The van der Waals surface area contributed by atoms with Crippen LogP contribution in [0.1, 0.15) is 37.7 Å². The van der Waals surface area contributed by atoms with Crippen molar-refractivity contribution < 1.29 is 14.2 Å². The van der Waals surface area contributed by atoms with E-state index in [0.717, 1.165) is 25.9 Å². The molecule has 1 fully saturated rings. The molecule has 1 aliphatic heterocycles. The van der Waals surface area contributed by atoms with Crippen LogP contribution in [0.3, 0.4) is 0 Å². The van der Waals surface area contributed by atoms with Crippen molar-refractivity contribution in [1.82, 2.24) is 0 Å². The van der Waals surface area contributed by atoms with E-state index >= 15 is 0 Å². The first-order valence-electron chi connectivity index (χ1n) is 6.89. The van der Waals surface area contributed by atoms with Gasteiger partial charge in [-0.05, 0) is 44.2 Å². The molecule has 0 saturated carbocycles. The Morgan fingerprint density at radius 1 is 1.42 bits per heavy atom. The molecule has 0 radical (unpaired) electrons. The second-order valence-electron chi connectivity index (χ2n) is 5.12. The Morgan fingerprint density at radius 3 is 2.95 bits per heavy atom. The molecule has 1 aromatic rings. The molecule has 0 aliphatic carbocycles. The molecule has 1 aromatic carbocycles. The fourth-order valence-electron chi connectivity index (χ4n) is 2.48. The fraction of sp³-hybridized carbons (Fsp3) is 0.600. The van der Waals surface area contributed by atoms with Gasteiger partial charge in [0.05, 0.1) is 12.2 Å². The summed E-state index contributed by atoms with van der Waals surface area (Å²) >= 11 is 5.95. The van der Waals surface area contributed by atoms with Crippen LogP contribution in [-0.4, -0.2) is 23.9 Å². The number of hydrogen-bond acceptors (Lipinski definition) is 2. The third-order valence-electron chi connectivity index (χ3n) is 3.60. The molecular formula is C15H20ClFO2. The fourth-order valence-corrected chi connectivity index (χ4v) is 2.72. The predicted octanol–water partition coefficient (Wildman–Crippen LogP) is 3.73. The maximum Gasteiger partial charge on any atom is 0.127 e. The molecule has 0 aromatic heterocycles. The molecule has 0 bridgehead atoms. The van der Waals surface area contributed by atoms with Crippen molar-refractivity contribution in [2.75, 3.05) is 6.61 Å². The third kappa shape index (κ3) is 4.44. The zero-order chi connectivity index (χ0) is 13.7. The summed E-state index contributed by atoms with van der Waals surface area (Å²) in [6.45, 7) is 0.819. The first kappa shape index (κ1) is 14.8. The Bertz CT molecular complexity index is 385. The second kappa shape index (κ2) is 7.22. The van der Waals surface area contributed by atoms with Crippen molar-refractivity contribution in [3.05, 3.63) is 34.6 Å². The van der Waals surface area contributed by atoms with E-state index in [0.29, 0.717) is 17.0 Å². The molecule has 2 unspecified atom stereocenters. The summed E-state index contributed by atoms with van der Waals surface area (Å²) in [6, 6.07) is 4.60. The van der Waals surface area contributed by atoms with Gasteiger partial charge >= 0.3 is 0 Å². The summed E-state index contributed by atoms with van der Waals surface area (Å²) in [4.78, 5) is 0. The quantitative estimate of drug-likeness (QED) is 0.894. The lowest BCUT2D eigenvalue weighted by atomic mass is 9.99. The molecule has 2 rings (SSSR count). The minimum absolute atomic E-state index is 0.250. The van der Waals surface area contributed by atoms with E-state index in [1.807, 2.05) is 0 Å². The lowest BCUT2D eigenvalue weighted by Gasteiger charge is -2.23. The first-order chi connectivity index (χ1) is 9.16. The average molecular weight is 287 g/mol. The lowest BCUT2D eigenvalue weighted by Crippen LogP contribution is -2.22. The number of aliphatic hydroxyl groups is 1. The van der Waals surface area contributed by atoms with Crippen LogP contribution in [0.2, 0.25) is 5.02 Å². The summed E-state index contributed by atoms with van der Waals surface area (Å²) in [6.07, 6.45) is 4.78. The number of benzene rings is 1. The van der Waals surface area contributed by atoms with Gasteiger partial charge in [-0.15, -0.1) is 0 Å². The minimum atomic E-state index is -0.570. The molecule has 1 heterocycles. The maximum absolute atomic E-state index is 13.6. The predicted molar refractivity (Wildman–Crippen MR) is 73.9 cm³/mol. The highest BCUT2D eigenvalue weighted by atomic mass is 35.5. The van der Waals surface area contributed by atoms with E-state index in [1.165, 1.54) is 12.5 Å². The number of hydrogen-bond donors (Lipinski definition) is 1. The van der Waals surface area contributed by atoms with Gasteiger partial charge in [-0.1, -0.05) is 17.7 Å². The van der Waals surface area contributed by atoms with Crippen LogP contribution in [0.5, 0.6) is 0 Å². The van der Waals surface area contributed by atoms with Crippen LogP contribution in [0.15, 0.2) is 18.2 Å². The summed E-state index contributed by atoms with van der Waals surface area (Å²) in [7, 11) is 0. The summed E-state index contributed by atoms with van der Waals surface area (Å²) < 4.78 is 19.2. The Balaban J connectivity index is 1.82. The van der Waals surface area contributed by atoms with E-state index in [2.05, 4.69) is 0 Å². The van der Waals surface area contributed by atoms with Gasteiger partial charge in [0.15, 0.2) is 0 Å². The van der Waals surface area contributed by atoms with Crippen LogP contribution in [0.25, 0.3) is 0 Å². The van der Waals surface area contributed by atoms with E-state index in [-0.39, 0.29) is 18.3 Å². The third-order valence-corrected chi connectivity index (χ3v) is 3.95. The average Bonchev–Trinajstić information content (AvgIpc) is 2.42. The monoisotopic (exact) mass is 286 g/mol. The minimum Gasteiger partial charge on any atom is -0.393 e. The molecule has 1 saturated heterocycles. The van der Waals surface area contributed by atoms with Crippen LogP contribution in [-0.2, 0) is 11.2 Å². The van der Waals surface area contributed by atoms with Gasteiger partial charge in [0.25, 0.3) is 0 Å². The standard InChI is InChI=1S/C15H20ClFO2/c16-14-5-3-6-15(17)13(14)10-11(18)7-8-12-4-1-2-9-19-12/h3,5-6,11-12,18H,1-2,4,7-10H2. The van der Waals surface area contributed by atoms with Crippen LogP contribution in [0.4, 0.5) is 4.39 Å². The lowest BCUT2D eigenvalue weighted by molar-refractivity contribution is 0.00230. The van der Waals surface area contributed by atoms with Gasteiger partial charge in [-0.3, -0.25) is 0 Å². The largest absolute Gasteiger partial charge is 0.393 e. The SMILES string of the molecule is OC(CCC1CCCCO1)Cc1c(F)cccc1Cl. The van der Waals surface area contributed by atoms with Crippen molar-refractivity contribution in [1.29, 1.82) is 0 Å². The Labute approximate surface area is 118 Å². The van der Waals surface area contributed by atoms with E-state index in [9.17, 15) is 9.50 Å². The molecule has 19 heavy (non-hydrogen) atoms. The van der Waals surface area contributed by atoms with Gasteiger partial charge in [0.2, 0.25) is 0 Å². The normalized spacial score (nSPS) is 21.3. The smallest absolute Gasteiger partial charge is 0.127 e. The molecule has 106 valence electrons. The zero-order valence-electron chi connectivity index (χ0n) is 10.9. The summed E-state index contributed by atoms with van der Waals surface area (Å²) in [5.74, 6) is -0.347. The molecule has 1 N–H and O–H groups in total. The van der Waals surface area contributed by atoms with E-state index < -0.39 is 6.10 Å². The van der Waals surface area contributed by atoms with Crippen molar-refractivity contribution in [3.8, 4) is 0 Å². The number of halogens is 2. The van der Waals surface area contributed by atoms with Crippen molar-refractivity contribution in [2.24, 2.45) is 0 Å². The van der Waals surface area contributed by atoms with Crippen molar-refractivity contribution >= 4 is 11.6 Å². The van der Waals surface area contributed by atoms with Crippen LogP contribution >= 0.6 is 11.6 Å². The number of rotatable bonds is 5. The maximum atomic E-state index is 13.6. The molecule has 4 heteroatoms. The van der Waals surface area contributed by atoms with Gasteiger partial charge in [-0.25, -0.2) is 4.39 Å². The summed E-state index contributed by atoms with van der Waals surface area (Å²) in [5, 5.41) is 10.4. The molecule has 0 spiro atoms. The number of aliphatic hydroxyl groups excluding tert-OH is 1. The topological polar surface area (TPSA) is 29.5 Å². The first-order valence-corrected chi connectivity index (χ1v) is 7.27. The van der Waals surface area contributed by atoms with Gasteiger partial charge in [0, 0.05) is 23.6 Å². The van der Waals surface area contributed by atoms with Crippen LogP contribution < -0.4 is 0 Å². The molecule has 0 amide bonds. The molecular weight excluding hydrogens is 267 g/mol. The zero-order valence-corrected chi connectivity index (χ0v) is 11.7. The molecule has 2 atom stereocenters. The molecule has 2 nitrogen and oxygen atoms in total. The highest BCUT2D eigenvalue weighted by Crippen LogP contribution is 2.23. The molecule has 1 aliphatic rings. The van der Waals surface area contributed by atoms with Gasteiger partial charge in [0.1, 0.15) is 5.82 Å². The second-order valence-corrected chi connectivity index (χ2v) is 5.53. The Kier molecular flexibility index (Phi) is 5.61. The van der Waals surface area contributed by atoms with E-state index in [4.69, 9.17) is 16.3 Å².